The summed E-state index contributed by atoms with van der Waals surface area (Å²) in [6.07, 6.45) is 1.63. The second kappa shape index (κ2) is 6.79. The summed E-state index contributed by atoms with van der Waals surface area (Å²) in [5, 5.41) is 6.18. The zero-order valence-corrected chi connectivity index (χ0v) is 13.9. The maximum Gasteiger partial charge on any atom is 0.254 e. The van der Waals surface area contributed by atoms with Crippen molar-refractivity contribution in [3.8, 4) is 0 Å². The molecule has 118 valence electrons. The van der Waals surface area contributed by atoms with Crippen molar-refractivity contribution >= 4 is 27.7 Å². The van der Waals surface area contributed by atoms with Gasteiger partial charge in [0.25, 0.3) is 5.91 Å². The van der Waals surface area contributed by atoms with Crippen LogP contribution in [0.15, 0.2) is 28.7 Å². The topological polar surface area (TPSA) is 61.4 Å². The number of hydrogen-bond acceptors (Lipinski definition) is 3. The number of carbonyl (C=O) groups excluding carboxylic acids is 2. The lowest BCUT2D eigenvalue weighted by Crippen LogP contribution is -2.51. The highest BCUT2D eigenvalue weighted by molar-refractivity contribution is 9.10. The maximum absolute atomic E-state index is 12.6. The Hall–Kier alpha value is -1.40. The van der Waals surface area contributed by atoms with Crippen LogP contribution in [0, 0.1) is 5.92 Å². The van der Waals surface area contributed by atoms with Crippen LogP contribution in [-0.2, 0) is 4.79 Å². The summed E-state index contributed by atoms with van der Waals surface area (Å²) in [7, 11) is 0. The number of amides is 2. The quantitative estimate of drug-likeness (QED) is 0.847. The van der Waals surface area contributed by atoms with Crippen LogP contribution in [0.4, 0.5) is 0 Å². The Labute approximate surface area is 138 Å². The van der Waals surface area contributed by atoms with E-state index in [1.807, 2.05) is 12.1 Å². The molecule has 2 amide bonds. The standard InChI is InChI=1S/C16H20BrN3O2/c17-13-5-3-12(4-6-13)16(22)20-7-1-2-14(20)15(21)19-10-11-8-18-9-11/h3-6,11,14,18H,1-2,7-10H2,(H,19,21). The zero-order chi connectivity index (χ0) is 15.5. The number of hydrogen-bond donors (Lipinski definition) is 2. The Morgan fingerprint density at radius 1 is 1.27 bits per heavy atom. The first-order chi connectivity index (χ1) is 10.6. The number of nitrogens with one attached hydrogen (secondary N) is 2. The highest BCUT2D eigenvalue weighted by Gasteiger charge is 2.34. The first-order valence-corrected chi connectivity index (χ1v) is 8.49. The third-order valence-electron chi connectivity index (χ3n) is 4.34. The molecule has 2 fully saturated rings. The summed E-state index contributed by atoms with van der Waals surface area (Å²) in [5.41, 5.74) is 0.631. The maximum atomic E-state index is 12.6. The van der Waals surface area contributed by atoms with Gasteiger partial charge in [0.2, 0.25) is 5.91 Å². The molecule has 0 aromatic heterocycles. The first kappa shape index (κ1) is 15.5. The normalized spacial score (nSPS) is 21.5. The molecule has 5 nitrogen and oxygen atoms in total. The van der Waals surface area contributed by atoms with Crippen LogP contribution in [0.3, 0.4) is 0 Å². The van der Waals surface area contributed by atoms with E-state index in [0.717, 1.165) is 30.4 Å². The van der Waals surface area contributed by atoms with E-state index in [2.05, 4.69) is 26.6 Å². The van der Waals surface area contributed by atoms with Gasteiger partial charge in [0.15, 0.2) is 0 Å². The van der Waals surface area contributed by atoms with Crippen molar-refractivity contribution in [3.63, 3.8) is 0 Å². The van der Waals surface area contributed by atoms with E-state index in [1.165, 1.54) is 0 Å². The molecule has 0 saturated carbocycles. The summed E-state index contributed by atoms with van der Waals surface area (Å²) < 4.78 is 0.939. The third-order valence-corrected chi connectivity index (χ3v) is 4.87. The van der Waals surface area contributed by atoms with Crippen LogP contribution in [0.1, 0.15) is 23.2 Å². The predicted molar refractivity (Wildman–Crippen MR) is 87.6 cm³/mol. The van der Waals surface area contributed by atoms with Gasteiger partial charge in [-0.25, -0.2) is 0 Å². The Bertz CT molecular complexity index is 557. The number of nitrogens with zero attached hydrogens (tertiary/aromatic N) is 1. The molecule has 3 rings (SSSR count). The van der Waals surface area contributed by atoms with Crippen molar-refractivity contribution in [1.82, 2.24) is 15.5 Å². The largest absolute Gasteiger partial charge is 0.354 e. The summed E-state index contributed by atoms with van der Waals surface area (Å²) in [5.74, 6) is 0.450. The first-order valence-electron chi connectivity index (χ1n) is 7.70. The molecule has 2 saturated heterocycles. The van der Waals surface area contributed by atoms with E-state index < -0.39 is 0 Å². The van der Waals surface area contributed by atoms with E-state index in [1.54, 1.807) is 17.0 Å². The van der Waals surface area contributed by atoms with Gasteiger partial charge in [0.1, 0.15) is 6.04 Å². The van der Waals surface area contributed by atoms with Gasteiger partial charge in [0, 0.05) is 42.1 Å². The molecule has 1 aromatic rings. The van der Waals surface area contributed by atoms with E-state index in [-0.39, 0.29) is 17.9 Å². The highest BCUT2D eigenvalue weighted by Crippen LogP contribution is 2.21. The van der Waals surface area contributed by atoms with Gasteiger partial charge < -0.3 is 15.5 Å². The van der Waals surface area contributed by atoms with Crippen LogP contribution in [0.5, 0.6) is 0 Å². The molecular formula is C16H20BrN3O2. The molecule has 6 heteroatoms. The lowest BCUT2D eigenvalue weighted by atomic mass is 10.0. The molecule has 2 heterocycles. The minimum atomic E-state index is -0.329. The Balaban J connectivity index is 1.62. The van der Waals surface area contributed by atoms with Gasteiger partial charge in [0.05, 0.1) is 0 Å². The van der Waals surface area contributed by atoms with Gasteiger partial charge >= 0.3 is 0 Å². The van der Waals surface area contributed by atoms with Crippen molar-refractivity contribution in [3.05, 3.63) is 34.3 Å². The molecule has 0 radical (unpaired) electrons. The zero-order valence-electron chi connectivity index (χ0n) is 12.3. The average molecular weight is 366 g/mol. The average Bonchev–Trinajstić information content (AvgIpc) is 2.95. The van der Waals surface area contributed by atoms with Crippen molar-refractivity contribution in [2.24, 2.45) is 5.92 Å². The molecule has 0 spiro atoms. The van der Waals surface area contributed by atoms with Crippen LogP contribution >= 0.6 is 15.9 Å². The smallest absolute Gasteiger partial charge is 0.254 e. The number of rotatable bonds is 4. The second-order valence-corrected chi connectivity index (χ2v) is 6.85. The highest BCUT2D eigenvalue weighted by atomic mass is 79.9. The van der Waals surface area contributed by atoms with Gasteiger partial charge in [-0.05, 0) is 37.1 Å². The van der Waals surface area contributed by atoms with E-state index in [0.29, 0.717) is 24.6 Å². The molecule has 2 aliphatic heterocycles. The third kappa shape index (κ3) is 3.33. The molecule has 2 N–H and O–H groups in total. The second-order valence-electron chi connectivity index (χ2n) is 5.93. The van der Waals surface area contributed by atoms with E-state index in [9.17, 15) is 9.59 Å². The number of carbonyl (C=O) groups is 2. The van der Waals surface area contributed by atoms with Gasteiger partial charge in [-0.2, -0.15) is 0 Å². The summed E-state index contributed by atoms with van der Waals surface area (Å²) in [4.78, 5) is 26.7. The number of halogens is 1. The minimum absolute atomic E-state index is 0.0186. The monoisotopic (exact) mass is 365 g/mol. The number of likely N-dealkylation sites (tertiary alicyclic amines) is 1. The van der Waals surface area contributed by atoms with Crippen LogP contribution in [0.25, 0.3) is 0 Å². The van der Waals surface area contributed by atoms with Crippen LogP contribution in [0.2, 0.25) is 0 Å². The SMILES string of the molecule is O=C(NCC1CNC1)C1CCCN1C(=O)c1ccc(Br)cc1. The van der Waals surface area contributed by atoms with Crippen LogP contribution in [-0.4, -0.2) is 48.9 Å². The summed E-state index contributed by atoms with van der Waals surface area (Å²) >= 11 is 3.37. The molecular weight excluding hydrogens is 346 g/mol. The number of benzene rings is 1. The lowest BCUT2D eigenvalue weighted by Gasteiger charge is -2.29. The van der Waals surface area contributed by atoms with Gasteiger partial charge in [-0.15, -0.1) is 0 Å². The molecule has 0 aliphatic carbocycles. The molecule has 22 heavy (non-hydrogen) atoms. The van der Waals surface area contributed by atoms with Crippen molar-refractivity contribution in [2.75, 3.05) is 26.2 Å². The van der Waals surface area contributed by atoms with E-state index >= 15 is 0 Å². The molecule has 2 aliphatic rings. The Morgan fingerprint density at radius 3 is 2.64 bits per heavy atom. The van der Waals surface area contributed by atoms with Crippen molar-refractivity contribution in [2.45, 2.75) is 18.9 Å². The summed E-state index contributed by atoms with van der Waals surface area (Å²) in [6, 6.07) is 6.95. The molecule has 0 bridgehead atoms. The Morgan fingerprint density at radius 2 is 2.00 bits per heavy atom. The molecule has 1 aromatic carbocycles. The van der Waals surface area contributed by atoms with Gasteiger partial charge in [-0.1, -0.05) is 15.9 Å². The van der Waals surface area contributed by atoms with Crippen LogP contribution < -0.4 is 10.6 Å². The van der Waals surface area contributed by atoms with E-state index in [4.69, 9.17) is 0 Å². The fraction of sp³-hybridized carbons (Fsp3) is 0.500. The molecule has 1 atom stereocenters. The fourth-order valence-electron chi connectivity index (χ4n) is 2.90. The van der Waals surface area contributed by atoms with Crippen molar-refractivity contribution < 1.29 is 9.59 Å². The lowest BCUT2D eigenvalue weighted by molar-refractivity contribution is -0.125. The summed E-state index contributed by atoms with van der Waals surface area (Å²) in [6.45, 7) is 3.28. The van der Waals surface area contributed by atoms with Gasteiger partial charge in [-0.3, -0.25) is 9.59 Å². The molecule has 1 unspecified atom stereocenters. The minimum Gasteiger partial charge on any atom is -0.354 e. The fourth-order valence-corrected chi connectivity index (χ4v) is 3.16. The van der Waals surface area contributed by atoms with Crippen molar-refractivity contribution in [1.29, 1.82) is 0 Å². The Kier molecular flexibility index (Phi) is 4.78. The predicted octanol–water partition coefficient (Wildman–Crippen LogP) is 1.39.